The van der Waals surface area contributed by atoms with E-state index in [9.17, 15) is 12.8 Å². The summed E-state index contributed by atoms with van der Waals surface area (Å²) in [7, 11) is -3.28. The van der Waals surface area contributed by atoms with Crippen LogP contribution in [-0.4, -0.2) is 29.2 Å². The molecule has 142 valence electrons. The molecule has 0 unspecified atom stereocenters. The van der Waals surface area contributed by atoms with Crippen molar-refractivity contribution in [2.24, 2.45) is 0 Å². The van der Waals surface area contributed by atoms with Gasteiger partial charge in [-0.1, -0.05) is 0 Å². The molecule has 0 aliphatic rings. The topological polar surface area (TPSA) is 64.8 Å². The van der Waals surface area contributed by atoms with Crippen molar-refractivity contribution in [3.05, 3.63) is 71.8 Å². The molecule has 0 saturated carbocycles. The molecule has 0 radical (unpaired) electrons. The molecule has 5 nitrogen and oxygen atoms in total. The molecule has 0 fully saturated rings. The van der Waals surface area contributed by atoms with E-state index in [2.05, 4.69) is 4.98 Å². The summed E-state index contributed by atoms with van der Waals surface area (Å²) in [6.45, 7) is 3.81. The Morgan fingerprint density at radius 2 is 1.57 bits per heavy atom. The zero-order valence-corrected chi connectivity index (χ0v) is 16.5. The van der Waals surface area contributed by atoms with Gasteiger partial charge in [-0.05, 0) is 68.4 Å². The molecule has 2 aromatic heterocycles. The number of hydrogen-bond acceptors (Lipinski definition) is 4. The summed E-state index contributed by atoms with van der Waals surface area (Å²) in [5.74, 6) is 0.318. The Morgan fingerprint density at radius 1 is 0.929 bits per heavy atom. The van der Waals surface area contributed by atoms with Crippen LogP contribution in [0.15, 0.2) is 59.5 Å². The first-order valence-electron chi connectivity index (χ1n) is 8.67. The van der Waals surface area contributed by atoms with Crippen LogP contribution in [0.5, 0.6) is 0 Å². The maximum absolute atomic E-state index is 13.5. The van der Waals surface area contributed by atoms with Crippen LogP contribution in [0.2, 0.25) is 0 Å². The zero-order valence-electron chi connectivity index (χ0n) is 15.6. The molecule has 2 aromatic carbocycles. The summed E-state index contributed by atoms with van der Waals surface area (Å²) < 4.78 is 38.9. The molecular formula is C21H18FN3O2S. The van der Waals surface area contributed by atoms with Crippen molar-refractivity contribution >= 4 is 20.9 Å². The van der Waals surface area contributed by atoms with Crippen LogP contribution in [0.3, 0.4) is 0 Å². The Balaban J connectivity index is 2.01. The monoisotopic (exact) mass is 395 g/mol. The van der Waals surface area contributed by atoms with Crippen molar-refractivity contribution in [3.8, 4) is 17.1 Å². The minimum Gasteiger partial charge on any atom is -0.292 e. The van der Waals surface area contributed by atoms with Gasteiger partial charge >= 0.3 is 0 Å². The number of hydrogen-bond donors (Lipinski definition) is 0. The van der Waals surface area contributed by atoms with Gasteiger partial charge < -0.3 is 0 Å². The maximum atomic E-state index is 13.5. The third-order valence-electron chi connectivity index (χ3n) is 4.57. The van der Waals surface area contributed by atoms with Crippen molar-refractivity contribution in [1.29, 1.82) is 0 Å². The fraction of sp³-hybridized carbons (Fsp3) is 0.143. The van der Waals surface area contributed by atoms with Gasteiger partial charge in [-0.3, -0.25) is 9.55 Å². The normalized spacial score (nSPS) is 11.9. The molecule has 0 spiro atoms. The summed E-state index contributed by atoms with van der Waals surface area (Å²) in [4.78, 5) is 9.51. The van der Waals surface area contributed by atoms with Crippen molar-refractivity contribution in [3.63, 3.8) is 0 Å². The summed E-state index contributed by atoms with van der Waals surface area (Å²) >= 11 is 0. The number of sulfone groups is 1. The molecule has 2 heterocycles. The Kier molecular flexibility index (Phi) is 4.27. The Labute approximate surface area is 162 Å². The van der Waals surface area contributed by atoms with Gasteiger partial charge in [0, 0.05) is 23.2 Å². The van der Waals surface area contributed by atoms with Crippen molar-refractivity contribution in [2.45, 2.75) is 18.7 Å². The van der Waals surface area contributed by atoms with E-state index < -0.39 is 9.84 Å². The van der Waals surface area contributed by atoms with Crippen molar-refractivity contribution in [1.82, 2.24) is 14.5 Å². The second-order valence-corrected chi connectivity index (χ2v) is 8.78. The molecule has 4 aromatic rings. The number of fused-ring (bicyclic) bond motifs is 1. The molecule has 0 N–H and O–H groups in total. The number of benzene rings is 2. The van der Waals surface area contributed by atoms with Gasteiger partial charge in [0.05, 0.1) is 16.1 Å². The quantitative estimate of drug-likeness (QED) is 0.520. The number of pyridine rings is 1. The van der Waals surface area contributed by atoms with Gasteiger partial charge in [-0.2, -0.15) is 0 Å². The lowest BCUT2D eigenvalue weighted by molar-refractivity contribution is 0.602. The number of imidazole rings is 1. The summed E-state index contributed by atoms with van der Waals surface area (Å²) in [6.07, 6.45) is 1.17. The summed E-state index contributed by atoms with van der Waals surface area (Å²) in [5.41, 5.74) is 4.77. The summed E-state index contributed by atoms with van der Waals surface area (Å²) in [6, 6.07) is 14.7. The standard InChI is InChI=1S/C21H18FN3O2S/c1-13-12-19-20(14(2)23-13)24-21(25(19)17-8-6-16(22)7-9-17)15-4-10-18(11-5-15)28(3,26)27/h4-12H,1-3H3. The first-order valence-corrected chi connectivity index (χ1v) is 10.6. The van der Waals surface area contributed by atoms with Gasteiger partial charge in [0.15, 0.2) is 9.84 Å². The molecular weight excluding hydrogens is 377 g/mol. The number of halogens is 1. The highest BCUT2D eigenvalue weighted by molar-refractivity contribution is 7.90. The minimum atomic E-state index is -3.28. The first kappa shape index (κ1) is 18.3. The van der Waals surface area contributed by atoms with Crippen LogP contribution < -0.4 is 0 Å². The lowest BCUT2D eigenvalue weighted by Gasteiger charge is -2.10. The average Bonchev–Trinajstić information content (AvgIpc) is 3.01. The van der Waals surface area contributed by atoms with E-state index in [1.54, 1.807) is 36.4 Å². The predicted molar refractivity (Wildman–Crippen MR) is 107 cm³/mol. The number of rotatable bonds is 3. The highest BCUT2D eigenvalue weighted by Crippen LogP contribution is 2.30. The van der Waals surface area contributed by atoms with Crippen LogP contribution in [0.4, 0.5) is 4.39 Å². The smallest absolute Gasteiger partial charge is 0.175 e. The second-order valence-electron chi connectivity index (χ2n) is 6.76. The molecule has 0 bridgehead atoms. The maximum Gasteiger partial charge on any atom is 0.175 e. The van der Waals surface area contributed by atoms with Crippen molar-refractivity contribution < 1.29 is 12.8 Å². The fourth-order valence-corrected chi connectivity index (χ4v) is 3.91. The van der Waals surface area contributed by atoms with Crippen LogP contribution in [0.25, 0.3) is 28.1 Å². The van der Waals surface area contributed by atoms with Crippen LogP contribution in [-0.2, 0) is 9.84 Å². The molecule has 4 rings (SSSR count). The predicted octanol–water partition coefficient (Wildman–Crippen LogP) is 4.25. The van der Waals surface area contributed by atoms with Gasteiger partial charge in [0.2, 0.25) is 0 Å². The third-order valence-corrected chi connectivity index (χ3v) is 5.70. The van der Waals surface area contributed by atoms with Crippen LogP contribution in [0.1, 0.15) is 11.4 Å². The lowest BCUT2D eigenvalue weighted by atomic mass is 10.2. The minimum absolute atomic E-state index is 0.245. The molecule has 28 heavy (non-hydrogen) atoms. The molecule has 0 atom stereocenters. The largest absolute Gasteiger partial charge is 0.292 e. The van der Waals surface area contributed by atoms with E-state index in [0.717, 1.165) is 33.7 Å². The first-order chi connectivity index (χ1) is 13.2. The average molecular weight is 395 g/mol. The lowest BCUT2D eigenvalue weighted by Crippen LogP contribution is -2.00. The molecule has 7 heteroatoms. The van der Waals surface area contributed by atoms with Gasteiger partial charge in [0.1, 0.15) is 17.2 Å². The van der Waals surface area contributed by atoms with E-state index in [1.165, 1.54) is 18.4 Å². The van der Waals surface area contributed by atoms with E-state index in [4.69, 9.17) is 4.98 Å². The summed E-state index contributed by atoms with van der Waals surface area (Å²) in [5, 5.41) is 0. The van der Waals surface area contributed by atoms with E-state index in [1.807, 2.05) is 24.5 Å². The number of nitrogens with zero attached hydrogens (tertiary/aromatic N) is 3. The Morgan fingerprint density at radius 3 is 2.18 bits per heavy atom. The highest BCUT2D eigenvalue weighted by atomic mass is 32.2. The second kappa shape index (κ2) is 6.53. The SMILES string of the molecule is Cc1cc2c(nc(-c3ccc(S(C)(=O)=O)cc3)n2-c2ccc(F)cc2)c(C)n1. The third kappa shape index (κ3) is 3.18. The molecule has 0 amide bonds. The van der Waals surface area contributed by atoms with Gasteiger partial charge in [-0.15, -0.1) is 0 Å². The van der Waals surface area contributed by atoms with Crippen LogP contribution >= 0.6 is 0 Å². The fourth-order valence-electron chi connectivity index (χ4n) is 3.28. The highest BCUT2D eigenvalue weighted by Gasteiger charge is 2.17. The molecule has 0 saturated heterocycles. The van der Waals surface area contributed by atoms with Gasteiger partial charge in [0.25, 0.3) is 0 Å². The number of aryl methyl sites for hydroxylation is 2. The van der Waals surface area contributed by atoms with E-state index in [0.29, 0.717) is 5.82 Å². The molecule has 0 aliphatic heterocycles. The Bertz CT molecular complexity index is 1290. The Hall–Kier alpha value is -3.06. The van der Waals surface area contributed by atoms with E-state index >= 15 is 0 Å². The number of aromatic nitrogens is 3. The van der Waals surface area contributed by atoms with Gasteiger partial charge in [-0.25, -0.2) is 17.8 Å². The van der Waals surface area contributed by atoms with Crippen LogP contribution in [0, 0.1) is 19.7 Å². The van der Waals surface area contributed by atoms with E-state index in [-0.39, 0.29) is 10.7 Å². The molecule has 0 aliphatic carbocycles. The van der Waals surface area contributed by atoms with Crippen molar-refractivity contribution in [2.75, 3.05) is 6.26 Å². The zero-order chi connectivity index (χ0) is 20.1.